The van der Waals surface area contributed by atoms with Crippen molar-refractivity contribution in [1.29, 1.82) is 0 Å². The van der Waals surface area contributed by atoms with Gasteiger partial charge in [0.25, 0.3) is 0 Å². The number of ether oxygens (including phenoxy) is 3. The predicted molar refractivity (Wildman–Crippen MR) is 120 cm³/mol. The summed E-state index contributed by atoms with van der Waals surface area (Å²) in [6, 6.07) is 18.1. The van der Waals surface area contributed by atoms with Crippen molar-refractivity contribution in [2.75, 3.05) is 14.2 Å². The zero-order valence-electron chi connectivity index (χ0n) is 17.6. The molecule has 0 radical (unpaired) electrons. The first kappa shape index (κ1) is 19.9. The molecule has 0 saturated heterocycles. The van der Waals surface area contributed by atoms with Crippen molar-refractivity contribution in [2.24, 2.45) is 0 Å². The van der Waals surface area contributed by atoms with Crippen LogP contribution in [0.3, 0.4) is 0 Å². The van der Waals surface area contributed by atoms with E-state index in [1.807, 2.05) is 42.5 Å². The summed E-state index contributed by atoms with van der Waals surface area (Å²) in [4.78, 5) is 25.7. The third-order valence-corrected chi connectivity index (χ3v) is 5.78. The topological polar surface area (TPSA) is 75.0 Å². The van der Waals surface area contributed by atoms with Crippen LogP contribution in [-0.2, 0) is 4.79 Å². The van der Waals surface area contributed by atoms with E-state index in [1.54, 1.807) is 32.4 Å². The Balaban J connectivity index is 1.74. The van der Waals surface area contributed by atoms with Gasteiger partial charge in [-0.15, -0.1) is 0 Å². The molecule has 0 aliphatic carbocycles. The first-order valence-electron chi connectivity index (χ1n) is 10.2. The summed E-state index contributed by atoms with van der Waals surface area (Å²) in [6.07, 6.45) is 1.57. The molecule has 160 valence electrons. The van der Waals surface area contributed by atoms with E-state index in [0.717, 1.165) is 11.1 Å². The molecule has 1 aliphatic heterocycles. The lowest BCUT2D eigenvalue weighted by Crippen LogP contribution is -2.22. The highest BCUT2D eigenvalue weighted by Crippen LogP contribution is 2.45. The fourth-order valence-corrected chi connectivity index (χ4v) is 4.24. The number of rotatable bonds is 4. The molecule has 0 spiro atoms. The molecule has 0 saturated carbocycles. The molecule has 3 aromatic carbocycles. The van der Waals surface area contributed by atoms with Crippen molar-refractivity contribution in [3.05, 3.63) is 88.3 Å². The highest BCUT2D eigenvalue weighted by atomic mass is 16.5. The molecule has 0 bridgehead atoms. The van der Waals surface area contributed by atoms with Gasteiger partial charge in [0.2, 0.25) is 5.43 Å². The molecule has 4 aromatic rings. The van der Waals surface area contributed by atoms with Crippen LogP contribution < -0.4 is 19.6 Å². The molecule has 0 fully saturated rings. The van der Waals surface area contributed by atoms with Crippen LogP contribution in [0.15, 0.2) is 76.1 Å². The summed E-state index contributed by atoms with van der Waals surface area (Å²) in [6.45, 7) is 0. The van der Waals surface area contributed by atoms with E-state index in [-0.39, 0.29) is 17.8 Å². The van der Waals surface area contributed by atoms with Crippen molar-refractivity contribution < 1.29 is 23.4 Å². The largest absolute Gasteiger partial charge is 0.497 e. The molecular weight excluding hydrogens is 408 g/mol. The fourth-order valence-electron chi connectivity index (χ4n) is 4.24. The summed E-state index contributed by atoms with van der Waals surface area (Å²) in [5.41, 5.74) is 2.96. The average molecular weight is 428 g/mol. The average Bonchev–Trinajstić information content (AvgIpc) is 2.83. The Morgan fingerprint density at radius 1 is 0.938 bits per heavy atom. The molecular formula is C26H20O6. The number of hydrogen-bond acceptors (Lipinski definition) is 6. The normalized spacial score (nSPS) is 15.2. The standard InChI is InChI=1S/C26H20O6/c1-29-16-8-9-17(22(12-16)30-2)19-13-23(27)32-21-11-10-18-25(28)20(14-31-26(18)24(19)21)15-6-4-3-5-7-15/h3-12,14,19H,13H2,1-2H3. The van der Waals surface area contributed by atoms with Gasteiger partial charge in [0.05, 0.1) is 31.6 Å². The van der Waals surface area contributed by atoms with Crippen LogP contribution >= 0.6 is 0 Å². The monoisotopic (exact) mass is 428 g/mol. The van der Waals surface area contributed by atoms with E-state index in [0.29, 0.717) is 39.3 Å². The molecule has 2 heterocycles. The summed E-state index contributed by atoms with van der Waals surface area (Å²) >= 11 is 0. The van der Waals surface area contributed by atoms with Crippen LogP contribution in [0.4, 0.5) is 0 Å². The number of fused-ring (bicyclic) bond motifs is 3. The zero-order chi connectivity index (χ0) is 22.2. The highest BCUT2D eigenvalue weighted by molar-refractivity contribution is 5.90. The molecule has 1 unspecified atom stereocenters. The molecule has 6 heteroatoms. The first-order chi connectivity index (χ1) is 15.6. The van der Waals surface area contributed by atoms with Crippen molar-refractivity contribution in [2.45, 2.75) is 12.3 Å². The SMILES string of the molecule is COc1ccc(C2CC(=O)Oc3ccc4c(=O)c(-c5ccccc5)coc4c32)c(OC)c1. The zero-order valence-corrected chi connectivity index (χ0v) is 17.6. The molecule has 1 aliphatic rings. The smallest absolute Gasteiger partial charge is 0.312 e. The minimum absolute atomic E-state index is 0.0962. The van der Waals surface area contributed by atoms with Crippen LogP contribution in [0.1, 0.15) is 23.5 Å². The minimum atomic E-state index is -0.401. The van der Waals surface area contributed by atoms with Crippen molar-refractivity contribution in [3.8, 4) is 28.4 Å². The maximum Gasteiger partial charge on any atom is 0.312 e. The van der Waals surface area contributed by atoms with Crippen molar-refractivity contribution >= 4 is 16.9 Å². The van der Waals surface area contributed by atoms with Gasteiger partial charge in [-0.1, -0.05) is 36.4 Å². The van der Waals surface area contributed by atoms with E-state index in [4.69, 9.17) is 18.6 Å². The van der Waals surface area contributed by atoms with Crippen molar-refractivity contribution in [3.63, 3.8) is 0 Å². The van der Waals surface area contributed by atoms with E-state index in [1.165, 1.54) is 6.26 Å². The first-order valence-corrected chi connectivity index (χ1v) is 10.2. The number of benzene rings is 3. The lowest BCUT2D eigenvalue weighted by Gasteiger charge is -2.26. The van der Waals surface area contributed by atoms with E-state index < -0.39 is 5.92 Å². The predicted octanol–water partition coefficient (Wildman–Crippen LogP) is 4.92. The Morgan fingerprint density at radius 3 is 2.50 bits per heavy atom. The number of esters is 1. The maximum atomic E-state index is 13.3. The van der Waals surface area contributed by atoms with Gasteiger partial charge in [0, 0.05) is 23.1 Å². The van der Waals surface area contributed by atoms with Gasteiger partial charge >= 0.3 is 5.97 Å². The van der Waals surface area contributed by atoms with Gasteiger partial charge in [0.15, 0.2) is 0 Å². The Kier molecular flexibility index (Phi) is 4.90. The molecule has 32 heavy (non-hydrogen) atoms. The van der Waals surface area contributed by atoms with Crippen LogP contribution in [0.25, 0.3) is 22.1 Å². The van der Waals surface area contributed by atoms with Gasteiger partial charge in [0.1, 0.15) is 29.1 Å². The molecule has 5 rings (SSSR count). The fraction of sp³-hybridized carbons (Fsp3) is 0.154. The van der Waals surface area contributed by atoms with Gasteiger partial charge < -0.3 is 18.6 Å². The summed E-state index contributed by atoms with van der Waals surface area (Å²) in [5, 5.41) is 0.431. The molecule has 1 aromatic heterocycles. The maximum absolute atomic E-state index is 13.3. The van der Waals surface area contributed by atoms with Crippen LogP contribution in [0.5, 0.6) is 17.2 Å². The van der Waals surface area contributed by atoms with Gasteiger partial charge in [-0.3, -0.25) is 9.59 Å². The summed E-state index contributed by atoms with van der Waals surface area (Å²) < 4.78 is 22.4. The number of carbonyl (C=O) groups excluding carboxylic acids is 1. The Morgan fingerprint density at radius 2 is 1.75 bits per heavy atom. The second kappa shape index (κ2) is 7.89. The third kappa shape index (κ3) is 3.21. The van der Waals surface area contributed by atoms with Gasteiger partial charge in [-0.05, 0) is 23.8 Å². The Bertz CT molecular complexity index is 1390. The molecule has 6 nitrogen and oxygen atoms in total. The van der Waals surface area contributed by atoms with Crippen molar-refractivity contribution in [1.82, 2.24) is 0 Å². The third-order valence-electron chi connectivity index (χ3n) is 5.78. The quantitative estimate of drug-likeness (QED) is 0.339. The van der Waals surface area contributed by atoms with E-state index >= 15 is 0 Å². The lowest BCUT2D eigenvalue weighted by molar-refractivity contribution is -0.135. The molecule has 0 N–H and O–H groups in total. The van der Waals surface area contributed by atoms with Gasteiger partial charge in [-0.2, -0.15) is 0 Å². The number of carbonyl (C=O) groups is 1. The van der Waals surface area contributed by atoms with Crippen LogP contribution in [0.2, 0.25) is 0 Å². The second-order valence-corrected chi connectivity index (χ2v) is 7.54. The second-order valence-electron chi connectivity index (χ2n) is 7.54. The summed E-state index contributed by atoms with van der Waals surface area (Å²) in [5.74, 6) is 0.841. The number of methoxy groups -OCH3 is 2. The van der Waals surface area contributed by atoms with Gasteiger partial charge in [-0.25, -0.2) is 0 Å². The highest BCUT2D eigenvalue weighted by Gasteiger charge is 2.34. The molecule has 0 amide bonds. The minimum Gasteiger partial charge on any atom is -0.497 e. The van der Waals surface area contributed by atoms with Crippen LogP contribution in [-0.4, -0.2) is 20.2 Å². The summed E-state index contributed by atoms with van der Waals surface area (Å²) in [7, 11) is 3.14. The lowest BCUT2D eigenvalue weighted by atomic mass is 9.84. The number of hydrogen-bond donors (Lipinski definition) is 0. The van der Waals surface area contributed by atoms with Crippen LogP contribution in [0, 0.1) is 0 Å². The Hall–Kier alpha value is -4.06. The van der Waals surface area contributed by atoms with E-state index in [9.17, 15) is 9.59 Å². The van der Waals surface area contributed by atoms with E-state index in [2.05, 4.69) is 0 Å². The molecule has 1 atom stereocenters. The Labute approximate surface area is 184 Å².